The molecule has 1 aliphatic heterocycles. The molecule has 0 aromatic heterocycles. The van der Waals surface area contributed by atoms with Gasteiger partial charge in [-0.3, -0.25) is 9.69 Å². The average Bonchev–Trinajstić information content (AvgIpc) is 2.60. The van der Waals surface area contributed by atoms with Crippen LogP contribution in [0.2, 0.25) is 0 Å². The van der Waals surface area contributed by atoms with Crippen molar-refractivity contribution in [2.24, 2.45) is 11.3 Å². The molecule has 4 nitrogen and oxygen atoms in total. The average molecular weight is 389 g/mol. The fourth-order valence-electron chi connectivity index (χ4n) is 3.80. The summed E-state index contributed by atoms with van der Waals surface area (Å²) in [4.78, 5) is 16.8. The Balaban J connectivity index is 1.65. The van der Waals surface area contributed by atoms with Gasteiger partial charge in [-0.15, -0.1) is 0 Å². The van der Waals surface area contributed by atoms with E-state index in [1.165, 1.54) is 31.2 Å². The van der Waals surface area contributed by atoms with E-state index < -0.39 is 0 Å². The number of unbranched alkanes of at least 4 members (excludes halogenated alkanes) is 4. The molecule has 1 fully saturated rings. The standard InChI is InChI=1S/C24H40N2O2/c1-6-7-8-9-10-15-28-22-13-11-20(12-14-22)16-26-17-21(18-26)23(27)25(5)19-24(2,3)4/h11-14,21H,6-10,15-19H2,1-5H3. The van der Waals surface area contributed by atoms with E-state index in [0.29, 0.717) is 0 Å². The zero-order chi connectivity index (χ0) is 20.6. The molecule has 2 rings (SSSR count). The summed E-state index contributed by atoms with van der Waals surface area (Å²) < 4.78 is 5.84. The van der Waals surface area contributed by atoms with E-state index in [4.69, 9.17) is 4.74 Å². The first-order chi connectivity index (χ1) is 13.3. The van der Waals surface area contributed by atoms with Gasteiger partial charge in [0.1, 0.15) is 5.75 Å². The molecule has 0 aliphatic carbocycles. The molecule has 0 N–H and O–H groups in total. The summed E-state index contributed by atoms with van der Waals surface area (Å²) in [6.07, 6.45) is 6.30. The number of carbonyl (C=O) groups is 1. The molecular formula is C24H40N2O2. The van der Waals surface area contributed by atoms with Crippen LogP contribution >= 0.6 is 0 Å². The maximum atomic E-state index is 12.5. The lowest BCUT2D eigenvalue weighted by atomic mass is 9.93. The molecule has 1 aromatic carbocycles. The summed E-state index contributed by atoms with van der Waals surface area (Å²) in [5, 5.41) is 0. The minimum atomic E-state index is 0.146. The molecule has 0 unspecified atom stereocenters. The summed E-state index contributed by atoms with van der Waals surface area (Å²) in [6, 6.07) is 8.43. The van der Waals surface area contributed by atoms with E-state index >= 15 is 0 Å². The summed E-state index contributed by atoms with van der Waals surface area (Å²) in [6.45, 7) is 13.0. The minimum Gasteiger partial charge on any atom is -0.494 e. The number of carbonyl (C=O) groups excluding carboxylic acids is 1. The number of likely N-dealkylation sites (tertiary alicyclic amines) is 1. The fraction of sp³-hybridized carbons (Fsp3) is 0.708. The molecule has 1 saturated heterocycles. The zero-order valence-corrected chi connectivity index (χ0v) is 18.7. The summed E-state index contributed by atoms with van der Waals surface area (Å²) >= 11 is 0. The van der Waals surface area contributed by atoms with Crippen molar-refractivity contribution in [3.63, 3.8) is 0 Å². The van der Waals surface area contributed by atoms with Crippen LogP contribution in [0.25, 0.3) is 0 Å². The van der Waals surface area contributed by atoms with Gasteiger partial charge >= 0.3 is 0 Å². The van der Waals surface area contributed by atoms with Crippen molar-refractivity contribution in [1.29, 1.82) is 0 Å². The number of hydrogen-bond donors (Lipinski definition) is 0. The van der Waals surface area contributed by atoms with Crippen LogP contribution in [0.5, 0.6) is 5.75 Å². The lowest BCUT2D eigenvalue weighted by Gasteiger charge is -2.41. The van der Waals surface area contributed by atoms with E-state index in [2.05, 4.69) is 56.9 Å². The second-order valence-corrected chi connectivity index (χ2v) is 9.55. The Hall–Kier alpha value is -1.55. The molecule has 0 radical (unpaired) electrons. The maximum absolute atomic E-state index is 12.5. The van der Waals surface area contributed by atoms with Crippen LogP contribution in [0, 0.1) is 11.3 Å². The van der Waals surface area contributed by atoms with Crippen molar-refractivity contribution in [1.82, 2.24) is 9.80 Å². The molecule has 0 spiro atoms. The highest BCUT2D eigenvalue weighted by molar-refractivity contribution is 5.80. The molecule has 0 saturated carbocycles. The smallest absolute Gasteiger partial charge is 0.228 e. The lowest BCUT2D eigenvalue weighted by molar-refractivity contribution is -0.141. The normalized spacial score (nSPS) is 15.3. The first-order valence-electron chi connectivity index (χ1n) is 11.0. The minimum absolute atomic E-state index is 0.146. The van der Waals surface area contributed by atoms with Crippen LogP contribution < -0.4 is 4.74 Å². The fourth-order valence-corrected chi connectivity index (χ4v) is 3.80. The van der Waals surface area contributed by atoms with Crippen LogP contribution in [0.1, 0.15) is 65.4 Å². The second-order valence-electron chi connectivity index (χ2n) is 9.55. The Morgan fingerprint density at radius 1 is 1.11 bits per heavy atom. The van der Waals surface area contributed by atoms with Crippen molar-refractivity contribution in [2.75, 3.05) is 33.3 Å². The molecular weight excluding hydrogens is 348 g/mol. The Kier molecular flexibility index (Phi) is 8.81. The first kappa shape index (κ1) is 22.7. The number of rotatable bonds is 11. The van der Waals surface area contributed by atoms with Crippen LogP contribution in [-0.2, 0) is 11.3 Å². The van der Waals surface area contributed by atoms with E-state index in [0.717, 1.165) is 45.0 Å². The van der Waals surface area contributed by atoms with Gasteiger partial charge in [0.15, 0.2) is 0 Å². The predicted octanol–water partition coefficient (Wildman–Crippen LogP) is 4.97. The highest BCUT2D eigenvalue weighted by atomic mass is 16.5. The summed E-state index contributed by atoms with van der Waals surface area (Å²) in [5.41, 5.74) is 1.43. The number of ether oxygens (including phenoxy) is 1. The zero-order valence-electron chi connectivity index (χ0n) is 18.7. The van der Waals surface area contributed by atoms with Gasteiger partial charge in [0.2, 0.25) is 5.91 Å². The lowest BCUT2D eigenvalue weighted by Crippen LogP contribution is -2.54. The van der Waals surface area contributed by atoms with Crippen molar-refractivity contribution >= 4 is 5.91 Å². The molecule has 158 valence electrons. The van der Waals surface area contributed by atoms with Crippen LogP contribution in [0.4, 0.5) is 0 Å². The molecule has 4 heteroatoms. The van der Waals surface area contributed by atoms with Gasteiger partial charge in [0.25, 0.3) is 0 Å². The number of hydrogen-bond acceptors (Lipinski definition) is 3. The number of benzene rings is 1. The molecule has 0 bridgehead atoms. The van der Waals surface area contributed by atoms with Crippen molar-refractivity contribution < 1.29 is 9.53 Å². The Labute approximate surface area is 172 Å². The number of nitrogens with zero attached hydrogens (tertiary/aromatic N) is 2. The quantitative estimate of drug-likeness (QED) is 0.502. The Morgan fingerprint density at radius 3 is 2.36 bits per heavy atom. The van der Waals surface area contributed by atoms with E-state index in [-0.39, 0.29) is 17.2 Å². The molecule has 1 amide bonds. The molecule has 1 aromatic rings. The van der Waals surface area contributed by atoms with Gasteiger partial charge in [-0.05, 0) is 29.5 Å². The highest BCUT2D eigenvalue weighted by Crippen LogP contribution is 2.23. The highest BCUT2D eigenvalue weighted by Gasteiger charge is 2.34. The molecule has 0 atom stereocenters. The third-order valence-electron chi connectivity index (χ3n) is 5.24. The van der Waals surface area contributed by atoms with E-state index in [9.17, 15) is 4.79 Å². The third kappa shape index (κ3) is 7.83. The van der Waals surface area contributed by atoms with Gasteiger partial charge in [0, 0.05) is 33.2 Å². The van der Waals surface area contributed by atoms with Crippen molar-refractivity contribution in [2.45, 2.75) is 66.3 Å². The largest absolute Gasteiger partial charge is 0.494 e. The second kappa shape index (κ2) is 10.8. The van der Waals surface area contributed by atoms with Crippen molar-refractivity contribution in [3.8, 4) is 5.75 Å². The van der Waals surface area contributed by atoms with Gasteiger partial charge in [-0.1, -0.05) is 65.5 Å². The monoisotopic (exact) mass is 388 g/mol. The van der Waals surface area contributed by atoms with Crippen LogP contribution in [-0.4, -0.2) is 49.0 Å². The van der Waals surface area contributed by atoms with Crippen molar-refractivity contribution in [3.05, 3.63) is 29.8 Å². The topological polar surface area (TPSA) is 32.8 Å². The first-order valence-corrected chi connectivity index (χ1v) is 11.0. The molecule has 1 aliphatic rings. The summed E-state index contributed by atoms with van der Waals surface area (Å²) in [7, 11) is 1.93. The maximum Gasteiger partial charge on any atom is 0.228 e. The predicted molar refractivity (Wildman–Crippen MR) is 117 cm³/mol. The van der Waals surface area contributed by atoms with Gasteiger partial charge in [-0.25, -0.2) is 0 Å². The van der Waals surface area contributed by atoms with Gasteiger partial charge in [-0.2, -0.15) is 0 Å². The van der Waals surface area contributed by atoms with Crippen LogP contribution in [0.15, 0.2) is 24.3 Å². The molecule has 28 heavy (non-hydrogen) atoms. The van der Waals surface area contributed by atoms with Gasteiger partial charge in [0.05, 0.1) is 12.5 Å². The van der Waals surface area contributed by atoms with E-state index in [1.807, 2.05) is 11.9 Å². The van der Waals surface area contributed by atoms with E-state index in [1.54, 1.807) is 0 Å². The third-order valence-corrected chi connectivity index (χ3v) is 5.24. The number of amides is 1. The Morgan fingerprint density at radius 2 is 1.75 bits per heavy atom. The van der Waals surface area contributed by atoms with Gasteiger partial charge < -0.3 is 9.64 Å². The Bertz CT molecular complexity index is 586. The SMILES string of the molecule is CCCCCCCOc1ccc(CN2CC(C(=O)N(C)CC(C)(C)C)C2)cc1. The molecule has 1 heterocycles. The summed E-state index contributed by atoms with van der Waals surface area (Å²) in [5.74, 6) is 1.40. The van der Waals surface area contributed by atoms with Crippen LogP contribution in [0.3, 0.4) is 0 Å².